The number of likely N-dealkylation sites (tertiary alicyclic amines) is 2. The van der Waals surface area contributed by atoms with E-state index in [1.165, 1.54) is 31.5 Å². The van der Waals surface area contributed by atoms with Crippen LogP contribution in [0.2, 0.25) is 0 Å². The molecule has 5 heteroatoms. The van der Waals surface area contributed by atoms with Crippen molar-refractivity contribution in [2.75, 3.05) is 32.8 Å². The van der Waals surface area contributed by atoms with Crippen molar-refractivity contribution in [3.8, 4) is 0 Å². The van der Waals surface area contributed by atoms with Crippen LogP contribution in [0.5, 0.6) is 0 Å². The van der Waals surface area contributed by atoms with E-state index in [9.17, 15) is 9.90 Å². The maximum Gasteiger partial charge on any atom is 0.234 e. The lowest BCUT2D eigenvalue weighted by Gasteiger charge is -2.33. The number of nitrogens with one attached hydrogen (secondary N) is 1. The maximum atomic E-state index is 12.2. The molecule has 5 nitrogen and oxygen atoms in total. The third kappa shape index (κ3) is 5.53. The van der Waals surface area contributed by atoms with Gasteiger partial charge in [0.1, 0.15) is 0 Å². The number of amides is 1. The standard InChI is InChI=1S/C20H31N3O2/c24-16-19-5-1-2-12-23(19)15-20(25)21-13-17-6-8-18(9-7-17)14-22-10-3-4-11-22/h6-9,19,24H,1-5,10-16H2,(H,21,25)/t19-/m1/s1. The Hall–Kier alpha value is -1.43. The predicted octanol–water partition coefficient (Wildman–Crippen LogP) is 1.75. The summed E-state index contributed by atoms with van der Waals surface area (Å²) in [6.45, 7) is 5.46. The monoisotopic (exact) mass is 345 g/mol. The highest BCUT2D eigenvalue weighted by molar-refractivity contribution is 5.78. The van der Waals surface area contributed by atoms with Gasteiger partial charge in [-0.15, -0.1) is 0 Å². The second-order valence-corrected chi connectivity index (χ2v) is 7.38. The Bertz CT molecular complexity index is 540. The Morgan fingerprint density at radius 1 is 1.04 bits per heavy atom. The molecule has 1 aromatic carbocycles. The molecule has 2 aliphatic heterocycles. The molecule has 1 aromatic rings. The summed E-state index contributed by atoms with van der Waals surface area (Å²) in [7, 11) is 0. The van der Waals surface area contributed by atoms with E-state index in [1.54, 1.807) is 0 Å². The van der Waals surface area contributed by atoms with E-state index < -0.39 is 0 Å². The van der Waals surface area contributed by atoms with E-state index in [2.05, 4.69) is 39.4 Å². The maximum absolute atomic E-state index is 12.2. The van der Waals surface area contributed by atoms with Crippen molar-refractivity contribution in [3.05, 3.63) is 35.4 Å². The Kier molecular flexibility index (Phi) is 6.84. The van der Waals surface area contributed by atoms with E-state index in [-0.39, 0.29) is 18.6 Å². The normalized spacial score (nSPS) is 22.2. The zero-order valence-electron chi connectivity index (χ0n) is 15.1. The van der Waals surface area contributed by atoms with E-state index in [4.69, 9.17) is 0 Å². The summed E-state index contributed by atoms with van der Waals surface area (Å²) in [4.78, 5) is 16.8. The van der Waals surface area contributed by atoms with Gasteiger partial charge in [0.05, 0.1) is 13.2 Å². The number of aliphatic hydroxyl groups excluding tert-OH is 1. The number of aliphatic hydroxyl groups is 1. The van der Waals surface area contributed by atoms with Gasteiger partial charge in [-0.1, -0.05) is 30.7 Å². The summed E-state index contributed by atoms with van der Waals surface area (Å²) >= 11 is 0. The van der Waals surface area contributed by atoms with Gasteiger partial charge in [0.15, 0.2) is 0 Å². The fourth-order valence-corrected chi connectivity index (χ4v) is 3.88. The smallest absolute Gasteiger partial charge is 0.234 e. The van der Waals surface area contributed by atoms with Crippen LogP contribution in [0, 0.1) is 0 Å². The zero-order chi connectivity index (χ0) is 17.5. The molecule has 1 amide bonds. The molecule has 2 aliphatic rings. The van der Waals surface area contributed by atoms with Gasteiger partial charge >= 0.3 is 0 Å². The largest absolute Gasteiger partial charge is 0.395 e. The SMILES string of the molecule is O=C(CN1CCCC[C@@H]1CO)NCc1ccc(CN2CCCC2)cc1. The highest BCUT2D eigenvalue weighted by Gasteiger charge is 2.23. The molecule has 25 heavy (non-hydrogen) atoms. The summed E-state index contributed by atoms with van der Waals surface area (Å²) in [5.41, 5.74) is 2.48. The van der Waals surface area contributed by atoms with Gasteiger partial charge in [0.2, 0.25) is 5.91 Å². The number of rotatable bonds is 7. The van der Waals surface area contributed by atoms with Crippen LogP contribution < -0.4 is 5.32 Å². The first-order valence-corrected chi connectivity index (χ1v) is 9.66. The summed E-state index contributed by atoms with van der Waals surface area (Å²) < 4.78 is 0. The molecule has 2 heterocycles. The Morgan fingerprint density at radius 3 is 2.44 bits per heavy atom. The second kappa shape index (κ2) is 9.32. The molecule has 0 saturated carbocycles. The molecule has 2 N–H and O–H groups in total. The molecule has 0 radical (unpaired) electrons. The zero-order valence-corrected chi connectivity index (χ0v) is 15.1. The highest BCUT2D eigenvalue weighted by Crippen LogP contribution is 2.16. The first-order chi connectivity index (χ1) is 12.2. The van der Waals surface area contributed by atoms with Crippen LogP contribution >= 0.6 is 0 Å². The lowest BCUT2D eigenvalue weighted by atomic mass is 10.0. The first-order valence-electron chi connectivity index (χ1n) is 9.66. The molecule has 3 rings (SSSR count). The molecule has 1 atom stereocenters. The number of hydrogen-bond donors (Lipinski definition) is 2. The van der Waals surface area contributed by atoms with Crippen LogP contribution in [-0.4, -0.2) is 59.6 Å². The van der Waals surface area contributed by atoms with Crippen molar-refractivity contribution in [2.24, 2.45) is 0 Å². The topological polar surface area (TPSA) is 55.8 Å². The van der Waals surface area contributed by atoms with Crippen molar-refractivity contribution in [2.45, 2.75) is 51.2 Å². The van der Waals surface area contributed by atoms with Crippen molar-refractivity contribution >= 4 is 5.91 Å². The molecule has 0 aromatic heterocycles. The molecule has 0 aliphatic carbocycles. The van der Waals surface area contributed by atoms with Gasteiger partial charge in [0, 0.05) is 19.1 Å². The van der Waals surface area contributed by atoms with E-state index in [0.717, 1.165) is 37.9 Å². The van der Waals surface area contributed by atoms with Crippen molar-refractivity contribution < 1.29 is 9.90 Å². The van der Waals surface area contributed by atoms with Crippen LogP contribution in [0.3, 0.4) is 0 Å². The Balaban J connectivity index is 1.42. The summed E-state index contributed by atoms with van der Waals surface area (Å²) in [5, 5.41) is 12.4. The van der Waals surface area contributed by atoms with Crippen LogP contribution in [0.25, 0.3) is 0 Å². The minimum absolute atomic E-state index is 0.0430. The number of hydrogen-bond acceptors (Lipinski definition) is 4. The lowest BCUT2D eigenvalue weighted by molar-refractivity contribution is -0.123. The third-order valence-corrected chi connectivity index (χ3v) is 5.42. The van der Waals surface area contributed by atoms with Crippen LogP contribution in [0.4, 0.5) is 0 Å². The summed E-state index contributed by atoms with van der Waals surface area (Å²) in [6, 6.07) is 8.72. The van der Waals surface area contributed by atoms with Crippen molar-refractivity contribution in [3.63, 3.8) is 0 Å². The minimum atomic E-state index is 0.0430. The lowest BCUT2D eigenvalue weighted by Crippen LogP contribution is -2.46. The summed E-state index contributed by atoms with van der Waals surface area (Å²) in [6.07, 6.45) is 5.88. The van der Waals surface area contributed by atoms with Crippen LogP contribution in [-0.2, 0) is 17.9 Å². The number of piperidine rings is 1. The average Bonchev–Trinajstić information content (AvgIpc) is 3.15. The predicted molar refractivity (Wildman–Crippen MR) is 99.1 cm³/mol. The van der Waals surface area contributed by atoms with Gasteiger partial charge in [-0.25, -0.2) is 0 Å². The molecular formula is C20H31N3O2. The fraction of sp³-hybridized carbons (Fsp3) is 0.650. The van der Waals surface area contributed by atoms with Crippen molar-refractivity contribution in [1.29, 1.82) is 0 Å². The second-order valence-electron chi connectivity index (χ2n) is 7.38. The molecule has 2 saturated heterocycles. The Morgan fingerprint density at radius 2 is 1.72 bits per heavy atom. The van der Waals surface area contributed by atoms with Gasteiger partial charge in [0.25, 0.3) is 0 Å². The number of carbonyl (C=O) groups is 1. The number of carbonyl (C=O) groups excluding carboxylic acids is 1. The summed E-state index contributed by atoms with van der Waals surface area (Å²) in [5.74, 6) is 0.0430. The first kappa shape index (κ1) is 18.4. The molecule has 0 bridgehead atoms. The van der Waals surface area contributed by atoms with Gasteiger partial charge in [-0.3, -0.25) is 14.6 Å². The average molecular weight is 345 g/mol. The van der Waals surface area contributed by atoms with E-state index in [1.807, 2.05) is 0 Å². The molecule has 0 unspecified atom stereocenters. The Labute approximate surface area is 151 Å². The molecule has 138 valence electrons. The van der Waals surface area contributed by atoms with Gasteiger partial charge in [-0.2, -0.15) is 0 Å². The number of benzene rings is 1. The molecule has 0 spiro atoms. The van der Waals surface area contributed by atoms with Crippen LogP contribution in [0.15, 0.2) is 24.3 Å². The van der Waals surface area contributed by atoms with Crippen molar-refractivity contribution in [1.82, 2.24) is 15.1 Å². The minimum Gasteiger partial charge on any atom is -0.395 e. The third-order valence-electron chi connectivity index (χ3n) is 5.42. The van der Waals surface area contributed by atoms with E-state index >= 15 is 0 Å². The highest BCUT2D eigenvalue weighted by atomic mass is 16.3. The molecule has 2 fully saturated rings. The van der Waals surface area contributed by atoms with Gasteiger partial charge < -0.3 is 10.4 Å². The quantitative estimate of drug-likeness (QED) is 0.790. The van der Waals surface area contributed by atoms with Crippen LogP contribution in [0.1, 0.15) is 43.2 Å². The number of nitrogens with zero attached hydrogens (tertiary/aromatic N) is 2. The van der Waals surface area contributed by atoms with E-state index in [0.29, 0.717) is 13.1 Å². The van der Waals surface area contributed by atoms with Gasteiger partial charge in [-0.05, 0) is 56.4 Å². The molecular weight excluding hydrogens is 314 g/mol. The fourth-order valence-electron chi connectivity index (χ4n) is 3.88.